The number of hydrogen-bond acceptors (Lipinski definition) is 6. The van der Waals surface area contributed by atoms with Gasteiger partial charge in [0.05, 0.1) is 23.8 Å². The van der Waals surface area contributed by atoms with E-state index in [0.717, 1.165) is 64.5 Å². The van der Waals surface area contributed by atoms with E-state index in [-0.39, 0.29) is 12.0 Å². The molecule has 1 aliphatic rings. The quantitative estimate of drug-likeness (QED) is 0.253. The first-order valence-corrected chi connectivity index (χ1v) is 15.8. The predicted molar refractivity (Wildman–Crippen MR) is 178 cm³/mol. The van der Waals surface area contributed by atoms with E-state index in [2.05, 4.69) is 24.1 Å². The molecule has 236 valence electrons. The fourth-order valence-electron chi connectivity index (χ4n) is 6.26. The Labute approximate surface area is 263 Å². The number of rotatable bonds is 9. The summed E-state index contributed by atoms with van der Waals surface area (Å²) in [5, 5.41) is 3.02. The highest BCUT2D eigenvalue weighted by Crippen LogP contribution is 2.44. The number of carbonyl (C=O) groups excluding carboxylic acids is 2. The van der Waals surface area contributed by atoms with Crippen LogP contribution in [0.3, 0.4) is 0 Å². The van der Waals surface area contributed by atoms with Crippen molar-refractivity contribution >= 4 is 23.3 Å². The maximum atomic E-state index is 13.7. The Kier molecular flexibility index (Phi) is 10.5. The molecule has 1 saturated heterocycles. The summed E-state index contributed by atoms with van der Waals surface area (Å²) in [4.78, 5) is 33.9. The van der Waals surface area contributed by atoms with E-state index in [1.54, 1.807) is 0 Å². The number of carbonyl (C=O) groups is 2. The second-order valence-corrected chi connectivity index (χ2v) is 13.7. The van der Waals surface area contributed by atoms with Gasteiger partial charge in [0, 0.05) is 41.3 Å². The van der Waals surface area contributed by atoms with Gasteiger partial charge in [-0.25, -0.2) is 4.79 Å². The monoisotopic (exact) mass is 599 g/mol. The number of piperidine rings is 1. The number of pyridine rings is 1. The number of nitrogens with zero attached hydrogens (tertiary/aromatic N) is 2. The summed E-state index contributed by atoms with van der Waals surface area (Å²) in [6.07, 6.45) is 0.237. The minimum absolute atomic E-state index is 0.0674. The van der Waals surface area contributed by atoms with Gasteiger partial charge in [-0.2, -0.15) is 0 Å². The van der Waals surface area contributed by atoms with E-state index in [9.17, 15) is 9.59 Å². The van der Waals surface area contributed by atoms with Gasteiger partial charge in [0.1, 0.15) is 0 Å². The molecule has 0 saturated carbocycles. The first-order chi connectivity index (χ1) is 20.7. The molecule has 1 aromatic heterocycles. The molecule has 0 bridgehead atoms. The summed E-state index contributed by atoms with van der Waals surface area (Å²) >= 11 is 0. The van der Waals surface area contributed by atoms with Crippen molar-refractivity contribution in [2.75, 3.05) is 23.3 Å². The number of aromatic nitrogens is 1. The molecule has 0 spiro atoms. The largest absolute Gasteiger partial charge is 0.461 e. The van der Waals surface area contributed by atoms with E-state index in [1.807, 2.05) is 103 Å². The summed E-state index contributed by atoms with van der Waals surface area (Å²) in [5.41, 5.74) is 6.39. The molecule has 7 nitrogen and oxygen atoms in total. The molecule has 7 heteroatoms. The van der Waals surface area contributed by atoms with Crippen molar-refractivity contribution in [3.8, 4) is 11.1 Å². The number of aryl methyl sites for hydroxylation is 2. The highest BCUT2D eigenvalue weighted by molar-refractivity contribution is 5.93. The van der Waals surface area contributed by atoms with Crippen molar-refractivity contribution in [2.45, 2.75) is 93.0 Å². The van der Waals surface area contributed by atoms with Crippen LogP contribution in [0.2, 0.25) is 0 Å². The van der Waals surface area contributed by atoms with Crippen LogP contribution in [-0.4, -0.2) is 41.7 Å². The van der Waals surface area contributed by atoms with Crippen LogP contribution >= 0.6 is 0 Å². The molecule has 0 radical (unpaired) electrons. The average molecular weight is 600 g/mol. The summed E-state index contributed by atoms with van der Waals surface area (Å²) in [7, 11) is 0. The van der Waals surface area contributed by atoms with Gasteiger partial charge >= 0.3 is 5.97 Å². The third-order valence-electron chi connectivity index (χ3n) is 7.73. The molecule has 3 atom stereocenters. The van der Waals surface area contributed by atoms with Crippen LogP contribution in [0.4, 0.5) is 11.4 Å². The second-order valence-electron chi connectivity index (χ2n) is 13.7. The lowest BCUT2D eigenvalue weighted by atomic mass is 9.88. The smallest absolute Gasteiger partial charge is 0.340 e. The van der Waals surface area contributed by atoms with Crippen LogP contribution < -0.4 is 10.2 Å². The first-order valence-electron chi connectivity index (χ1n) is 15.8. The van der Waals surface area contributed by atoms with Gasteiger partial charge in [0.2, 0.25) is 5.91 Å². The van der Waals surface area contributed by atoms with Crippen molar-refractivity contribution in [1.29, 1.82) is 0 Å². The van der Waals surface area contributed by atoms with E-state index in [1.165, 1.54) is 0 Å². The normalized spacial score (nSPS) is 17.8. The number of hydrogen-bond donors (Lipinski definition) is 1. The minimum atomic E-state index is -0.941. The lowest BCUT2D eigenvalue weighted by molar-refractivity contribution is -0.171. The van der Waals surface area contributed by atoms with Crippen LogP contribution in [-0.2, 0) is 25.5 Å². The number of ether oxygens (including phenoxy) is 2. The number of amides is 1. The van der Waals surface area contributed by atoms with Crippen LogP contribution in [0.25, 0.3) is 11.1 Å². The molecule has 0 unspecified atom stereocenters. The highest BCUT2D eigenvalue weighted by Gasteiger charge is 2.37. The lowest BCUT2D eigenvalue weighted by Gasteiger charge is -2.40. The van der Waals surface area contributed by atoms with Gasteiger partial charge in [0.15, 0.2) is 6.10 Å². The molecular formula is C37H49N3O4. The topological polar surface area (TPSA) is 80.8 Å². The van der Waals surface area contributed by atoms with Crippen molar-refractivity contribution in [3.05, 3.63) is 77.1 Å². The molecule has 1 aliphatic heterocycles. The van der Waals surface area contributed by atoms with E-state index < -0.39 is 17.7 Å². The Morgan fingerprint density at radius 3 is 2.14 bits per heavy atom. The molecule has 4 rings (SSSR count). The zero-order chi connectivity index (χ0) is 32.2. The molecular weight excluding hydrogens is 550 g/mol. The Bertz CT molecular complexity index is 1430. The average Bonchev–Trinajstić information content (AvgIpc) is 2.91. The summed E-state index contributed by atoms with van der Waals surface area (Å²) in [6.45, 7) is 19.8. The lowest BCUT2D eigenvalue weighted by Crippen LogP contribution is -2.41. The number of nitrogens with one attached hydrogen (secondary N) is 1. The molecule has 1 fully saturated rings. The number of benzene rings is 2. The molecule has 3 aromatic rings. The number of anilines is 2. The van der Waals surface area contributed by atoms with Crippen LogP contribution in [0.15, 0.2) is 54.6 Å². The zero-order valence-corrected chi connectivity index (χ0v) is 27.9. The molecule has 2 heterocycles. The third kappa shape index (κ3) is 8.47. The Hall–Kier alpha value is -3.71. The minimum Gasteiger partial charge on any atom is -0.461 e. The fourth-order valence-corrected chi connectivity index (χ4v) is 6.26. The van der Waals surface area contributed by atoms with Crippen molar-refractivity contribution in [1.82, 2.24) is 4.98 Å². The highest BCUT2D eigenvalue weighted by atomic mass is 16.6. The number of esters is 1. The zero-order valence-electron chi connectivity index (χ0n) is 27.9. The maximum absolute atomic E-state index is 13.7. The van der Waals surface area contributed by atoms with Gasteiger partial charge in [-0.15, -0.1) is 0 Å². The van der Waals surface area contributed by atoms with Gasteiger partial charge in [-0.05, 0) is 90.0 Å². The van der Waals surface area contributed by atoms with Crippen molar-refractivity contribution in [3.63, 3.8) is 0 Å². The van der Waals surface area contributed by atoms with Gasteiger partial charge in [-0.3, -0.25) is 9.78 Å². The van der Waals surface area contributed by atoms with Crippen LogP contribution in [0, 0.1) is 25.7 Å². The van der Waals surface area contributed by atoms with Gasteiger partial charge in [0.25, 0.3) is 0 Å². The van der Waals surface area contributed by atoms with E-state index >= 15 is 0 Å². The van der Waals surface area contributed by atoms with Crippen molar-refractivity contribution < 1.29 is 19.1 Å². The maximum Gasteiger partial charge on any atom is 0.340 e. The Morgan fingerprint density at radius 2 is 1.57 bits per heavy atom. The Morgan fingerprint density at radius 1 is 0.955 bits per heavy atom. The fraction of sp³-hybridized carbons (Fsp3) is 0.486. The SMILES string of the molecule is Cc1nc(C)c([C@H](OC(C)(C)C)C(=O)OC(C)C)c(N2C[C@@H](C)C[C@H](C)C2)c1-c1ccc(NC(=O)Cc2ccccc2)cc1. The summed E-state index contributed by atoms with van der Waals surface area (Å²) in [5.74, 6) is 0.493. The van der Waals surface area contributed by atoms with Gasteiger partial charge in [-0.1, -0.05) is 56.3 Å². The molecule has 44 heavy (non-hydrogen) atoms. The van der Waals surface area contributed by atoms with Gasteiger partial charge < -0.3 is 19.7 Å². The van der Waals surface area contributed by atoms with Crippen molar-refractivity contribution in [2.24, 2.45) is 11.8 Å². The molecule has 2 aromatic carbocycles. The standard InChI is InChI=1S/C37H49N3O4/c1-23(2)43-36(42)35(44-37(7,8)9)33-27(6)38-26(5)32(34(33)40-21-24(3)19-25(4)22-40)29-15-17-30(18-16-29)39-31(41)20-28-13-11-10-12-14-28/h10-18,23-25,35H,19-22H2,1-9H3,(H,39,41)/t24-,25-,35-/m0/s1. The van der Waals surface area contributed by atoms with Crippen LogP contribution in [0.1, 0.15) is 83.5 Å². The molecule has 0 aliphatic carbocycles. The predicted octanol–water partition coefficient (Wildman–Crippen LogP) is 7.84. The Balaban J connectivity index is 1.82. The van der Waals surface area contributed by atoms with Crippen LogP contribution in [0.5, 0.6) is 0 Å². The second kappa shape index (κ2) is 13.9. The van der Waals surface area contributed by atoms with E-state index in [0.29, 0.717) is 18.3 Å². The third-order valence-corrected chi connectivity index (χ3v) is 7.73. The summed E-state index contributed by atoms with van der Waals surface area (Å²) < 4.78 is 12.3. The molecule has 1 N–H and O–H groups in total. The molecule has 1 amide bonds. The first kappa shape index (κ1) is 33.2. The summed E-state index contributed by atoms with van der Waals surface area (Å²) in [6, 6.07) is 17.6. The van der Waals surface area contributed by atoms with E-state index in [4.69, 9.17) is 14.5 Å².